The molecule has 1 spiro atoms. The molecular weight excluding hydrogens is 212 g/mol. The Bertz CT molecular complexity index is 315. The summed E-state index contributed by atoms with van der Waals surface area (Å²) in [6.07, 6.45) is 11.0. The summed E-state index contributed by atoms with van der Waals surface area (Å²) in [5.41, 5.74) is -0.486. The van der Waals surface area contributed by atoms with Gasteiger partial charge in [-0.2, -0.15) is 0 Å². The van der Waals surface area contributed by atoms with Gasteiger partial charge in [0.05, 0.1) is 11.3 Å². The fraction of sp³-hybridized carbons (Fsp3) is 0.867. The molecule has 2 heteroatoms. The molecule has 3 aliphatic carbocycles. The first-order valence-corrected chi connectivity index (χ1v) is 7.34. The molecule has 0 aliphatic heterocycles. The maximum absolute atomic E-state index is 12.4. The third-order valence-electron chi connectivity index (χ3n) is 5.34. The van der Waals surface area contributed by atoms with E-state index in [1.807, 2.05) is 0 Å². The molecule has 3 fully saturated rings. The zero-order valence-corrected chi connectivity index (χ0v) is 10.5. The van der Waals surface area contributed by atoms with Crippen LogP contribution in [0.2, 0.25) is 0 Å². The average Bonchev–Trinajstić information content (AvgIpc) is 2.41. The first-order valence-electron chi connectivity index (χ1n) is 7.34. The fourth-order valence-electron chi connectivity index (χ4n) is 4.30. The van der Waals surface area contributed by atoms with Gasteiger partial charge in [-0.25, -0.2) is 0 Å². The number of rotatable bonds is 1. The molecule has 0 amide bonds. The maximum Gasteiger partial charge on any atom is 0.157 e. The van der Waals surface area contributed by atoms with Crippen LogP contribution < -0.4 is 0 Å². The number of ketones is 2. The molecule has 17 heavy (non-hydrogen) atoms. The predicted molar refractivity (Wildman–Crippen MR) is 65.6 cm³/mol. The van der Waals surface area contributed by atoms with E-state index >= 15 is 0 Å². The second kappa shape index (κ2) is 4.22. The minimum atomic E-state index is -0.486. The zero-order valence-electron chi connectivity index (χ0n) is 10.5. The van der Waals surface area contributed by atoms with Crippen LogP contribution in [0.25, 0.3) is 0 Å². The molecule has 3 aliphatic rings. The van der Waals surface area contributed by atoms with Crippen molar-refractivity contribution in [2.75, 3.05) is 0 Å². The lowest BCUT2D eigenvalue weighted by molar-refractivity contribution is -0.167. The lowest BCUT2D eigenvalue weighted by Gasteiger charge is -2.49. The Morgan fingerprint density at radius 3 is 1.88 bits per heavy atom. The van der Waals surface area contributed by atoms with Crippen LogP contribution >= 0.6 is 0 Å². The summed E-state index contributed by atoms with van der Waals surface area (Å²) in [7, 11) is 0. The second-order valence-corrected chi connectivity index (χ2v) is 6.25. The van der Waals surface area contributed by atoms with Crippen molar-refractivity contribution in [3.63, 3.8) is 0 Å². The van der Waals surface area contributed by atoms with Gasteiger partial charge in [-0.1, -0.05) is 38.5 Å². The van der Waals surface area contributed by atoms with Crippen LogP contribution in [0.15, 0.2) is 0 Å². The van der Waals surface area contributed by atoms with Crippen LogP contribution in [0.1, 0.15) is 64.2 Å². The molecule has 0 heterocycles. The Morgan fingerprint density at radius 1 is 0.765 bits per heavy atom. The van der Waals surface area contributed by atoms with Gasteiger partial charge < -0.3 is 0 Å². The van der Waals surface area contributed by atoms with E-state index in [9.17, 15) is 9.59 Å². The Hall–Kier alpha value is -0.660. The van der Waals surface area contributed by atoms with Gasteiger partial charge in [-0.05, 0) is 31.6 Å². The molecule has 3 rings (SSSR count). The van der Waals surface area contributed by atoms with Crippen molar-refractivity contribution >= 4 is 11.6 Å². The summed E-state index contributed by atoms with van der Waals surface area (Å²) in [6, 6.07) is 0. The number of carbonyl (C=O) groups is 2. The molecule has 2 nitrogen and oxygen atoms in total. The molecule has 0 radical (unpaired) electrons. The summed E-state index contributed by atoms with van der Waals surface area (Å²) >= 11 is 0. The van der Waals surface area contributed by atoms with Crippen LogP contribution in [0.4, 0.5) is 0 Å². The first-order chi connectivity index (χ1) is 8.26. The molecule has 94 valence electrons. The number of hydrogen-bond acceptors (Lipinski definition) is 2. The predicted octanol–water partition coefficient (Wildman–Crippen LogP) is 3.29. The Morgan fingerprint density at radius 2 is 1.29 bits per heavy atom. The highest BCUT2D eigenvalue weighted by Crippen LogP contribution is 2.53. The number of carbonyl (C=O) groups excluding carboxylic acids is 2. The normalized spacial score (nSPS) is 30.6. The average molecular weight is 234 g/mol. The van der Waals surface area contributed by atoms with Crippen molar-refractivity contribution in [3.05, 3.63) is 0 Å². The Labute approximate surface area is 103 Å². The van der Waals surface area contributed by atoms with Gasteiger partial charge in [0.1, 0.15) is 0 Å². The molecule has 0 aromatic carbocycles. The second-order valence-electron chi connectivity index (χ2n) is 6.25. The summed E-state index contributed by atoms with van der Waals surface area (Å²) in [5.74, 6) is 0.868. The maximum atomic E-state index is 12.4. The van der Waals surface area contributed by atoms with Crippen molar-refractivity contribution < 1.29 is 9.59 Å². The van der Waals surface area contributed by atoms with Gasteiger partial charge in [0.25, 0.3) is 0 Å². The van der Waals surface area contributed by atoms with Crippen LogP contribution in [-0.4, -0.2) is 11.6 Å². The highest BCUT2D eigenvalue weighted by atomic mass is 16.2. The minimum absolute atomic E-state index is 0.187. The molecular formula is C15H22O2. The number of hydrogen-bond donors (Lipinski definition) is 0. The van der Waals surface area contributed by atoms with Gasteiger partial charge in [0, 0.05) is 0 Å². The Balaban J connectivity index is 1.73. The largest absolute Gasteiger partial charge is 0.298 e. The molecule has 0 N–H and O–H groups in total. The standard InChI is InChI=1S/C15H22O2/c16-13-12(11-7-3-1-4-8-11)14(17)15(13)9-5-2-6-10-15/h11-12H,1-10H2. The third-order valence-corrected chi connectivity index (χ3v) is 5.34. The lowest BCUT2D eigenvalue weighted by Crippen LogP contribution is -2.61. The molecule has 0 aromatic heterocycles. The van der Waals surface area contributed by atoms with Gasteiger partial charge in [0.2, 0.25) is 0 Å². The molecule has 0 atom stereocenters. The van der Waals surface area contributed by atoms with E-state index in [0.29, 0.717) is 17.5 Å². The monoisotopic (exact) mass is 234 g/mol. The fourth-order valence-corrected chi connectivity index (χ4v) is 4.30. The van der Waals surface area contributed by atoms with Crippen LogP contribution in [0.5, 0.6) is 0 Å². The summed E-state index contributed by atoms with van der Waals surface area (Å²) in [6.45, 7) is 0. The van der Waals surface area contributed by atoms with E-state index < -0.39 is 5.41 Å². The summed E-state index contributed by atoms with van der Waals surface area (Å²) < 4.78 is 0. The van der Waals surface area contributed by atoms with Crippen LogP contribution in [0, 0.1) is 17.3 Å². The minimum Gasteiger partial charge on any atom is -0.298 e. The topological polar surface area (TPSA) is 34.1 Å². The van der Waals surface area contributed by atoms with Crippen molar-refractivity contribution in [2.24, 2.45) is 17.3 Å². The summed E-state index contributed by atoms with van der Waals surface area (Å²) in [5, 5.41) is 0. The van der Waals surface area contributed by atoms with E-state index in [0.717, 1.165) is 38.5 Å². The van der Waals surface area contributed by atoms with Gasteiger partial charge in [-0.3, -0.25) is 9.59 Å². The van der Waals surface area contributed by atoms with Crippen molar-refractivity contribution in [1.82, 2.24) is 0 Å². The highest BCUT2D eigenvalue weighted by molar-refractivity contribution is 6.27. The van der Waals surface area contributed by atoms with E-state index in [-0.39, 0.29) is 5.92 Å². The highest BCUT2D eigenvalue weighted by Gasteiger charge is 2.62. The molecule has 0 saturated heterocycles. The SMILES string of the molecule is O=C1C(C2CCCCC2)C(=O)C12CCCCC2. The smallest absolute Gasteiger partial charge is 0.157 e. The van der Waals surface area contributed by atoms with E-state index in [2.05, 4.69) is 0 Å². The van der Waals surface area contributed by atoms with E-state index in [4.69, 9.17) is 0 Å². The van der Waals surface area contributed by atoms with Crippen molar-refractivity contribution in [3.8, 4) is 0 Å². The van der Waals surface area contributed by atoms with Crippen LogP contribution in [-0.2, 0) is 9.59 Å². The Kier molecular flexibility index (Phi) is 2.84. The van der Waals surface area contributed by atoms with Crippen LogP contribution in [0.3, 0.4) is 0 Å². The van der Waals surface area contributed by atoms with Gasteiger partial charge >= 0.3 is 0 Å². The molecule has 0 unspecified atom stereocenters. The molecule has 0 bridgehead atoms. The molecule has 3 saturated carbocycles. The first kappa shape index (κ1) is 11.4. The number of Topliss-reactive ketones (excluding diaryl/α,β-unsaturated/α-hetero) is 2. The lowest BCUT2D eigenvalue weighted by atomic mass is 9.50. The zero-order chi connectivity index (χ0) is 11.9. The molecule has 0 aromatic rings. The van der Waals surface area contributed by atoms with Gasteiger partial charge in [0.15, 0.2) is 11.6 Å². The van der Waals surface area contributed by atoms with Gasteiger partial charge in [-0.15, -0.1) is 0 Å². The third kappa shape index (κ3) is 1.60. The van der Waals surface area contributed by atoms with Crippen molar-refractivity contribution in [2.45, 2.75) is 64.2 Å². The van der Waals surface area contributed by atoms with Crippen molar-refractivity contribution in [1.29, 1.82) is 0 Å². The summed E-state index contributed by atoms with van der Waals surface area (Å²) in [4.78, 5) is 24.9. The van der Waals surface area contributed by atoms with E-state index in [1.54, 1.807) is 0 Å². The quantitative estimate of drug-likeness (QED) is 0.652. The van der Waals surface area contributed by atoms with E-state index in [1.165, 1.54) is 25.7 Å².